The summed E-state index contributed by atoms with van der Waals surface area (Å²) < 4.78 is 6.20. The molecule has 0 aliphatic rings. The highest BCUT2D eigenvalue weighted by Gasteiger charge is 2.09. The van der Waals surface area contributed by atoms with Gasteiger partial charge < -0.3 is 10.5 Å². The number of aromatic nitrogens is 2. The molecule has 0 spiro atoms. The lowest BCUT2D eigenvalue weighted by molar-refractivity contribution is 0.177. The predicted molar refractivity (Wildman–Crippen MR) is 63.7 cm³/mol. The lowest BCUT2D eigenvalue weighted by Crippen LogP contribution is -2.16. The molecule has 1 heterocycles. The zero-order valence-electron chi connectivity index (χ0n) is 9.20. The molecule has 15 heavy (non-hydrogen) atoms. The van der Waals surface area contributed by atoms with Crippen LogP contribution in [0.15, 0.2) is 10.7 Å². The first-order chi connectivity index (χ1) is 6.97. The van der Waals surface area contributed by atoms with Crippen molar-refractivity contribution in [2.24, 2.45) is 5.92 Å². The van der Waals surface area contributed by atoms with E-state index in [1.807, 2.05) is 6.92 Å². The van der Waals surface area contributed by atoms with Crippen LogP contribution < -0.4 is 10.5 Å². The molecule has 0 radical (unpaired) electrons. The number of anilines is 1. The number of rotatable bonds is 4. The predicted octanol–water partition coefficient (Wildman–Crippen LogP) is 2.63. The van der Waals surface area contributed by atoms with Crippen LogP contribution in [0.1, 0.15) is 27.2 Å². The zero-order chi connectivity index (χ0) is 11.4. The van der Waals surface area contributed by atoms with Gasteiger partial charge in [0.2, 0.25) is 0 Å². The van der Waals surface area contributed by atoms with Crippen LogP contribution in [0.5, 0.6) is 6.01 Å². The van der Waals surface area contributed by atoms with Crippen molar-refractivity contribution in [1.82, 2.24) is 9.97 Å². The standard InChI is InChI=1S/C10H16BrN3O/c1-6(2)4-7(3)15-10-13-8(11)5-9(12)14-10/h5-7H,4H2,1-3H3,(H2,12,13,14). The van der Waals surface area contributed by atoms with Gasteiger partial charge in [-0.25, -0.2) is 0 Å². The largest absolute Gasteiger partial charge is 0.460 e. The van der Waals surface area contributed by atoms with Crippen molar-refractivity contribution in [1.29, 1.82) is 0 Å². The molecular weight excluding hydrogens is 258 g/mol. The van der Waals surface area contributed by atoms with Crippen LogP contribution in [-0.2, 0) is 0 Å². The van der Waals surface area contributed by atoms with E-state index in [1.54, 1.807) is 6.07 Å². The van der Waals surface area contributed by atoms with Crippen LogP contribution in [0.4, 0.5) is 5.82 Å². The van der Waals surface area contributed by atoms with Gasteiger partial charge in [-0.1, -0.05) is 13.8 Å². The van der Waals surface area contributed by atoms with Gasteiger partial charge in [0.05, 0.1) is 6.10 Å². The Labute approximate surface area is 98.4 Å². The summed E-state index contributed by atoms with van der Waals surface area (Å²) in [5.41, 5.74) is 5.58. The molecule has 1 aromatic heterocycles. The highest BCUT2D eigenvalue weighted by molar-refractivity contribution is 9.10. The van der Waals surface area contributed by atoms with Crippen LogP contribution in [0.2, 0.25) is 0 Å². The van der Waals surface area contributed by atoms with E-state index in [0.29, 0.717) is 22.3 Å². The Balaban J connectivity index is 2.63. The van der Waals surface area contributed by atoms with Crippen molar-refractivity contribution in [3.05, 3.63) is 10.7 Å². The Hall–Kier alpha value is -0.840. The summed E-state index contributed by atoms with van der Waals surface area (Å²) >= 11 is 3.24. The molecule has 0 aliphatic heterocycles. The molecule has 0 fully saturated rings. The highest BCUT2D eigenvalue weighted by atomic mass is 79.9. The lowest BCUT2D eigenvalue weighted by Gasteiger charge is -2.15. The second-order valence-electron chi connectivity index (χ2n) is 3.96. The van der Waals surface area contributed by atoms with Crippen LogP contribution in [-0.4, -0.2) is 16.1 Å². The fourth-order valence-corrected chi connectivity index (χ4v) is 1.74. The minimum atomic E-state index is 0.0960. The third-order valence-corrected chi connectivity index (χ3v) is 2.21. The number of ether oxygens (including phenoxy) is 1. The topological polar surface area (TPSA) is 61.0 Å². The molecule has 2 N–H and O–H groups in total. The van der Waals surface area contributed by atoms with Gasteiger partial charge in [-0.2, -0.15) is 9.97 Å². The first-order valence-electron chi connectivity index (χ1n) is 4.94. The van der Waals surface area contributed by atoms with Crippen LogP contribution in [0, 0.1) is 5.92 Å². The number of nitrogens with two attached hydrogens (primary N) is 1. The Morgan fingerprint density at radius 1 is 1.40 bits per heavy atom. The Kier molecular flexibility index (Phi) is 4.32. The van der Waals surface area contributed by atoms with E-state index in [1.165, 1.54) is 0 Å². The number of nitrogen functional groups attached to an aromatic ring is 1. The summed E-state index contributed by atoms with van der Waals surface area (Å²) in [5.74, 6) is 0.994. The Morgan fingerprint density at radius 2 is 2.07 bits per heavy atom. The SMILES string of the molecule is CC(C)CC(C)Oc1nc(N)cc(Br)n1. The van der Waals surface area contributed by atoms with Crippen molar-refractivity contribution in [2.75, 3.05) is 5.73 Å². The lowest BCUT2D eigenvalue weighted by atomic mass is 10.1. The molecule has 0 amide bonds. The number of hydrogen-bond acceptors (Lipinski definition) is 4. The van der Waals surface area contributed by atoms with E-state index >= 15 is 0 Å². The van der Waals surface area contributed by atoms with E-state index < -0.39 is 0 Å². The van der Waals surface area contributed by atoms with Gasteiger partial charge in [0.1, 0.15) is 10.4 Å². The molecule has 1 rings (SSSR count). The fourth-order valence-electron chi connectivity index (χ4n) is 1.36. The number of halogens is 1. The maximum Gasteiger partial charge on any atom is 0.319 e. The van der Waals surface area contributed by atoms with Crippen molar-refractivity contribution in [3.8, 4) is 6.01 Å². The first kappa shape index (κ1) is 12.2. The van der Waals surface area contributed by atoms with E-state index in [2.05, 4.69) is 39.7 Å². The second kappa shape index (κ2) is 5.30. The van der Waals surface area contributed by atoms with E-state index in [4.69, 9.17) is 10.5 Å². The summed E-state index contributed by atoms with van der Waals surface area (Å²) in [6.45, 7) is 6.30. The summed E-state index contributed by atoms with van der Waals surface area (Å²) in [5, 5.41) is 0. The number of nitrogens with zero attached hydrogens (tertiary/aromatic N) is 2. The quantitative estimate of drug-likeness (QED) is 0.857. The minimum absolute atomic E-state index is 0.0960. The maximum absolute atomic E-state index is 5.58. The third kappa shape index (κ3) is 4.46. The summed E-state index contributed by atoms with van der Waals surface area (Å²) in [4.78, 5) is 8.08. The van der Waals surface area contributed by atoms with Crippen LogP contribution in [0.3, 0.4) is 0 Å². The molecule has 1 aromatic rings. The maximum atomic E-state index is 5.58. The normalized spacial score (nSPS) is 12.9. The number of hydrogen-bond donors (Lipinski definition) is 1. The Morgan fingerprint density at radius 3 is 2.60 bits per heavy atom. The van der Waals surface area contributed by atoms with Gasteiger partial charge in [-0.15, -0.1) is 0 Å². The average Bonchev–Trinajstić information content (AvgIpc) is 1.98. The van der Waals surface area contributed by atoms with Gasteiger partial charge in [0.25, 0.3) is 0 Å². The van der Waals surface area contributed by atoms with E-state index in [0.717, 1.165) is 6.42 Å². The smallest absolute Gasteiger partial charge is 0.319 e. The average molecular weight is 274 g/mol. The van der Waals surface area contributed by atoms with E-state index in [9.17, 15) is 0 Å². The van der Waals surface area contributed by atoms with Crippen molar-refractivity contribution in [2.45, 2.75) is 33.3 Å². The molecule has 1 atom stereocenters. The first-order valence-corrected chi connectivity index (χ1v) is 5.73. The molecule has 5 heteroatoms. The van der Waals surface area contributed by atoms with Gasteiger partial charge in [0.15, 0.2) is 0 Å². The van der Waals surface area contributed by atoms with Gasteiger partial charge in [0, 0.05) is 6.07 Å². The molecular formula is C10H16BrN3O. The molecule has 0 bridgehead atoms. The van der Waals surface area contributed by atoms with Crippen molar-refractivity contribution in [3.63, 3.8) is 0 Å². The Bertz CT molecular complexity index is 310. The van der Waals surface area contributed by atoms with Crippen molar-refractivity contribution < 1.29 is 4.74 Å². The van der Waals surface area contributed by atoms with Crippen LogP contribution in [0.25, 0.3) is 0 Å². The van der Waals surface area contributed by atoms with E-state index in [-0.39, 0.29) is 6.10 Å². The van der Waals surface area contributed by atoms with Crippen molar-refractivity contribution >= 4 is 21.7 Å². The molecule has 4 nitrogen and oxygen atoms in total. The van der Waals surface area contributed by atoms with Gasteiger partial charge in [-0.05, 0) is 35.2 Å². The molecule has 0 aliphatic carbocycles. The van der Waals surface area contributed by atoms with Gasteiger partial charge in [-0.3, -0.25) is 0 Å². The molecule has 0 saturated carbocycles. The molecule has 0 aromatic carbocycles. The third-order valence-electron chi connectivity index (χ3n) is 1.80. The summed E-state index contributed by atoms with van der Waals surface area (Å²) in [6.07, 6.45) is 1.06. The highest BCUT2D eigenvalue weighted by Crippen LogP contribution is 2.16. The molecule has 1 unspecified atom stereocenters. The minimum Gasteiger partial charge on any atom is -0.460 e. The molecule has 0 saturated heterocycles. The summed E-state index contributed by atoms with van der Waals surface area (Å²) in [6, 6.07) is 1.97. The summed E-state index contributed by atoms with van der Waals surface area (Å²) in [7, 11) is 0. The van der Waals surface area contributed by atoms with Gasteiger partial charge >= 0.3 is 6.01 Å². The monoisotopic (exact) mass is 273 g/mol. The zero-order valence-corrected chi connectivity index (χ0v) is 10.8. The fraction of sp³-hybridized carbons (Fsp3) is 0.600. The molecule has 84 valence electrons. The van der Waals surface area contributed by atoms with Crippen LogP contribution >= 0.6 is 15.9 Å². The second-order valence-corrected chi connectivity index (χ2v) is 4.77.